The van der Waals surface area contributed by atoms with Crippen molar-refractivity contribution in [2.24, 2.45) is 11.8 Å². The number of halogens is 1. The molecule has 3 aliphatic rings. The molecule has 0 radical (unpaired) electrons. The number of rotatable bonds is 6. The van der Waals surface area contributed by atoms with Crippen molar-refractivity contribution in [3.8, 4) is 16.9 Å². The number of aliphatic hydroxyl groups excluding tert-OH is 2. The molecule has 3 atom stereocenters. The van der Waals surface area contributed by atoms with Crippen LogP contribution in [0.4, 0.5) is 4.39 Å². The van der Waals surface area contributed by atoms with Crippen LogP contribution in [-0.2, 0) is 29.1 Å². The number of hydrogen-bond donors (Lipinski definition) is 5. The Labute approximate surface area is 246 Å². The third-order valence-electron chi connectivity index (χ3n) is 8.86. The number of carbonyl (C=O) groups is 3. The van der Waals surface area contributed by atoms with Crippen LogP contribution in [0.15, 0.2) is 83.3 Å². The summed E-state index contributed by atoms with van der Waals surface area (Å²) in [6, 6.07) is 17.2. The van der Waals surface area contributed by atoms with E-state index in [0.29, 0.717) is 18.7 Å². The molecule has 0 fully saturated rings. The normalized spacial score (nSPS) is 23.1. The Morgan fingerprint density at radius 1 is 0.977 bits per heavy atom. The second kappa shape index (κ2) is 10.6. The lowest BCUT2D eigenvalue weighted by molar-refractivity contribution is -0.144. The maximum Gasteiger partial charge on any atom is 0.209 e. The minimum atomic E-state index is -2.52. The van der Waals surface area contributed by atoms with Crippen molar-refractivity contribution in [2.75, 3.05) is 0 Å². The quantitative estimate of drug-likeness (QED) is 0.261. The number of carbonyl (C=O) groups excluding carboxylic acids is 3. The van der Waals surface area contributed by atoms with Crippen molar-refractivity contribution in [3.63, 3.8) is 0 Å². The van der Waals surface area contributed by atoms with E-state index in [4.69, 9.17) is 0 Å². The molecule has 3 aliphatic carbocycles. The van der Waals surface area contributed by atoms with Crippen LogP contribution in [-0.4, -0.2) is 43.4 Å². The van der Waals surface area contributed by atoms with Gasteiger partial charge in [0.25, 0.3) is 0 Å². The van der Waals surface area contributed by atoms with Crippen molar-refractivity contribution >= 4 is 17.3 Å². The van der Waals surface area contributed by atoms with Gasteiger partial charge in [-0.05, 0) is 71.7 Å². The number of allylic oxidation sites excluding steroid dienone is 2. The molecule has 8 nitrogen and oxygen atoms in total. The number of aliphatic hydroxyl groups is 3. The maximum atomic E-state index is 13.8. The second-order valence-electron chi connectivity index (χ2n) is 11.5. The number of fused-ring (bicyclic) bond motifs is 3. The van der Waals surface area contributed by atoms with Crippen LogP contribution in [0.1, 0.15) is 46.8 Å². The molecule has 0 spiro atoms. The van der Waals surface area contributed by atoms with Crippen LogP contribution < -0.4 is 5.32 Å². The van der Waals surface area contributed by atoms with E-state index in [1.807, 2.05) is 30.3 Å². The summed E-state index contributed by atoms with van der Waals surface area (Å²) in [6.45, 7) is 2.14. The van der Waals surface area contributed by atoms with E-state index in [0.717, 1.165) is 29.2 Å². The smallest absolute Gasteiger partial charge is 0.209 e. The van der Waals surface area contributed by atoms with Gasteiger partial charge in [-0.1, -0.05) is 42.5 Å². The van der Waals surface area contributed by atoms with Crippen molar-refractivity contribution in [2.45, 2.75) is 44.9 Å². The van der Waals surface area contributed by atoms with Gasteiger partial charge in [0.1, 0.15) is 28.7 Å². The summed E-state index contributed by atoms with van der Waals surface area (Å²) in [5.74, 6) is -5.91. The molecule has 0 heterocycles. The number of phenols is 1. The number of ketones is 3. The van der Waals surface area contributed by atoms with Crippen LogP contribution >= 0.6 is 0 Å². The minimum Gasteiger partial charge on any atom is -0.511 e. The Balaban J connectivity index is 1.30. The Morgan fingerprint density at radius 3 is 2.40 bits per heavy atom. The largest absolute Gasteiger partial charge is 0.511 e. The first-order valence-corrected chi connectivity index (χ1v) is 14.1. The number of aromatic hydroxyl groups is 1. The van der Waals surface area contributed by atoms with Gasteiger partial charge in [0.2, 0.25) is 5.78 Å². The van der Waals surface area contributed by atoms with Crippen molar-refractivity contribution in [1.82, 2.24) is 5.32 Å². The van der Waals surface area contributed by atoms with Gasteiger partial charge in [0, 0.05) is 31.0 Å². The summed E-state index contributed by atoms with van der Waals surface area (Å²) < 4.78 is 13.4. The van der Waals surface area contributed by atoms with E-state index in [-0.39, 0.29) is 42.0 Å². The fourth-order valence-corrected chi connectivity index (χ4v) is 6.80. The lowest BCUT2D eigenvalue weighted by Gasteiger charge is -2.45. The Hall–Kier alpha value is -4.60. The molecule has 0 unspecified atom stereocenters. The summed E-state index contributed by atoms with van der Waals surface area (Å²) in [7, 11) is 0. The zero-order valence-electron chi connectivity index (χ0n) is 23.4. The number of Topliss-reactive ketones (excluding diaryl/α,β-unsaturated/α-hetero) is 3. The van der Waals surface area contributed by atoms with Crippen molar-refractivity contribution < 1.29 is 39.2 Å². The fraction of sp³-hybridized carbons (Fsp3) is 0.265. The second-order valence-corrected chi connectivity index (χ2v) is 11.5. The molecular formula is C34H30FNO7. The zero-order valence-corrected chi connectivity index (χ0v) is 23.4. The van der Waals surface area contributed by atoms with Gasteiger partial charge < -0.3 is 25.7 Å². The fourth-order valence-electron chi connectivity index (χ4n) is 6.80. The van der Waals surface area contributed by atoms with Gasteiger partial charge in [0.05, 0.1) is 5.56 Å². The molecule has 0 saturated heterocycles. The first kappa shape index (κ1) is 28.5. The highest BCUT2D eigenvalue weighted by atomic mass is 19.1. The Kier molecular flexibility index (Phi) is 7.02. The third-order valence-corrected chi connectivity index (χ3v) is 8.86. The summed E-state index contributed by atoms with van der Waals surface area (Å²) in [5, 5.41) is 47.2. The molecule has 43 heavy (non-hydrogen) atoms. The molecule has 6 rings (SSSR count). The van der Waals surface area contributed by atoms with Crippen LogP contribution in [0.25, 0.3) is 11.1 Å². The SMILES string of the molecule is CC(=O)C1=C(O)C[C@@H]2C[C@@H]3Cc4c(-c5ccc(CNCc6cccc(F)c6)cc5)ccc(O)c4C(=O)C3=C(O)[C@]2(O)C1=O. The third kappa shape index (κ3) is 4.65. The molecule has 3 aromatic rings. The molecular weight excluding hydrogens is 553 g/mol. The summed E-state index contributed by atoms with van der Waals surface area (Å²) in [5.41, 5.74) is 0.681. The Morgan fingerprint density at radius 2 is 1.70 bits per heavy atom. The van der Waals surface area contributed by atoms with Gasteiger partial charge in [0.15, 0.2) is 17.2 Å². The van der Waals surface area contributed by atoms with Crippen molar-refractivity contribution in [1.29, 1.82) is 0 Å². The highest BCUT2D eigenvalue weighted by Gasteiger charge is 2.59. The lowest BCUT2D eigenvalue weighted by atomic mass is 9.60. The summed E-state index contributed by atoms with van der Waals surface area (Å²) >= 11 is 0. The van der Waals surface area contributed by atoms with Crippen LogP contribution in [0.5, 0.6) is 5.75 Å². The van der Waals surface area contributed by atoms with E-state index >= 15 is 0 Å². The highest BCUT2D eigenvalue weighted by Crippen LogP contribution is 2.52. The first-order valence-electron chi connectivity index (χ1n) is 14.1. The molecule has 9 heteroatoms. The van der Waals surface area contributed by atoms with E-state index in [1.165, 1.54) is 18.2 Å². The monoisotopic (exact) mass is 583 g/mol. The molecule has 0 amide bonds. The molecule has 3 aromatic carbocycles. The van der Waals surface area contributed by atoms with Gasteiger partial charge in [-0.3, -0.25) is 14.4 Å². The molecule has 220 valence electrons. The number of phenolic OH excluding ortho intramolecular Hbond substituents is 1. The zero-order chi connectivity index (χ0) is 30.6. The molecule has 0 bridgehead atoms. The maximum absolute atomic E-state index is 13.8. The lowest BCUT2D eigenvalue weighted by Crippen LogP contribution is -2.56. The van der Waals surface area contributed by atoms with E-state index in [1.54, 1.807) is 12.1 Å². The Bertz CT molecular complexity index is 1760. The molecule has 5 N–H and O–H groups in total. The molecule has 0 aromatic heterocycles. The van der Waals surface area contributed by atoms with Crippen LogP contribution in [0.2, 0.25) is 0 Å². The first-order chi connectivity index (χ1) is 20.5. The molecule has 0 aliphatic heterocycles. The highest BCUT2D eigenvalue weighted by molar-refractivity contribution is 6.25. The minimum absolute atomic E-state index is 0.00775. The average molecular weight is 584 g/mol. The van der Waals surface area contributed by atoms with Crippen LogP contribution in [0.3, 0.4) is 0 Å². The van der Waals surface area contributed by atoms with Crippen LogP contribution in [0, 0.1) is 17.7 Å². The van der Waals surface area contributed by atoms with Gasteiger partial charge in [-0.2, -0.15) is 0 Å². The van der Waals surface area contributed by atoms with Gasteiger partial charge >= 0.3 is 0 Å². The standard InChI is InChI=1S/C34H30FNO7/c1-17(37)28-27(39)14-22-12-21-13-25-24(9-10-26(38)30(25)31(40)29(21)33(42)34(22,43)32(28)41)20-7-5-18(6-8-20)15-36-16-19-3-2-4-23(35)11-19/h2-11,21-22,36,38-39,42-43H,12-16H2,1H3/t21-,22+,34-/m1/s1. The molecule has 0 saturated carbocycles. The summed E-state index contributed by atoms with van der Waals surface area (Å²) in [4.78, 5) is 39.1. The van der Waals surface area contributed by atoms with E-state index < -0.39 is 51.9 Å². The van der Waals surface area contributed by atoms with E-state index in [9.17, 15) is 39.2 Å². The van der Waals surface area contributed by atoms with Gasteiger partial charge in [-0.15, -0.1) is 0 Å². The predicted octanol–water partition coefficient (Wildman–Crippen LogP) is 4.78. The predicted molar refractivity (Wildman–Crippen MR) is 155 cm³/mol. The van der Waals surface area contributed by atoms with Crippen molar-refractivity contribution in [3.05, 3.63) is 111 Å². The topological polar surface area (TPSA) is 144 Å². The number of nitrogens with one attached hydrogen (secondary N) is 1. The van der Waals surface area contributed by atoms with Gasteiger partial charge in [-0.25, -0.2) is 4.39 Å². The number of benzene rings is 3. The summed E-state index contributed by atoms with van der Waals surface area (Å²) in [6.07, 6.45) is 0.146. The average Bonchev–Trinajstić information content (AvgIpc) is 2.95. The van der Waals surface area contributed by atoms with E-state index in [2.05, 4.69) is 5.32 Å². The number of hydrogen-bond acceptors (Lipinski definition) is 8.